The molecular formula is C5H6BClN2O2. The predicted octanol–water partition coefficient (Wildman–Crippen LogP) is -0.0452. The van der Waals surface area contributed by atoms with Crippen LogP contribution in [0.5, 0.6) is 5.75 Å². The third-order valence-corrected chi connectivity index (χ3v) is 1.36. The average molecular weight is 172 g/mol. The molecule has 0 radical (unpaired) electrons. The van der Waals surface area contributed by atoms with E-state index >= 15 is 0 Å². The van der Waals surface area contributed by atoms with E-state index in [-0.39, 0.29) is 0 Å². The fourth-order valence-electron chi connectivity index (χ4n) is 0.609. The summed E-state index contributed by atoms with van der Waals surface area (Å²) in [6.07, 6.45) is 1.36. The number of halogens is 1. The van der Waals surface area contributed by atoms with E-state index in [4.69, 9.17) is 27.0 Å². The fourth-order valence-corrected chi connectivity index (χ4v) is 0.824. The van der Waals surface area contributed by atoms with Crippen LogP contribution in [0.15, 0.2) is 12.3 Å². The lowest BCUT2D eigenvalue weighted by molar-refractivity contribution is 0.453. The molecule has 0 fully saturated rings. The summed E-state index contributed by atoms with van der Waals surface area (Å²) < 4.78 is 4.70. The van der Waals surface area contributed by atoms with Crippen LogP contribution in [0.3, 0.4) is 0 Å². The van der Waals surface area contributed by atoms with Crippen LogP contribution in [0.1, 0.15) is 0 Å². The highest BCUT2D eigenvalue weighted by atomic mass is 35.5. The van der Waals surface area contributed by atoms with Gasteiger partial charge in [0, 0.05) is 6.07 Å². The Balaban J connectivity index is 2.90. The van der Waals surface area contributed by atoms with Crippen LogP contribution in [0.2, 0.25) is 5.02 Å². The lowest BCUT2D eigenvalue weighted by atomic mass is 10.3. The minimum atomic E-state index is -0.425. The maximum Gasteiger partial charge on any atom is 0.504 e. The predicted molar refractivity (Wildman–Crippen MR) is 43.7 cm³/mol. The first-order valence-electron chi connectivity index (χ1n) is 2.88. The van der Waals surface area contributed by atoms with Gasteiger partial charge >= 0.3 is 7.69 Å². The standard InChI is InChI=1S/C5H6BClN2O2/c7-3-1-5(8)9-2-4(3)11-6-10/h1-2,6,10H,(H2,8,9). The first kappa shape index (κ1) is 8.16. The Labute approximate surface area is 69.3 Å². The van der Waals surface area contributed by atoms with Gasteiger partial charge in [-0.2, -0.15) is 0 Å². The second kappa shape index (κ2) is 3.45. The van der Waals surface area contributed by atoms with Crippen LogP contribution < -0.4 is 10.4 Å². The maximum atomic E-state index is 8.37. The molecule has 1 aromatic rings. The van der Waals surface area contributed by atoms with Gasteiger partial charge in [-0.15, -0.1) is 0 Å². The number of anilines is 1. The number of nitrogens with two attached hydrogens (primary N) is 1. The van der Waals surface area contributed by atoms with Crippen LogP contribution in [0.25, 0.3) is 0 Å². The van der Waals surface area contributed by atoms with Crippen molar-refractivity contribution in [3.05, 3.63) is 17.3 Å². The number of hydrogen-bond acceptors (Lipinski definition) is 4. The highest BCUT2D eigenvalue weighted by Gasteiger charge is 2.01. The molecule has 0 aliphatic heterocycles. The van der Waals surface area contributed by atoms with E-state index in [2.05, 4.69) is 4.98 Å². The van der Waals surface area contributed by atoms with Crippen molar-refractivity contribution >= 4 is 25.1 Å². The van der Waals surface area contributed by atoms with Crippen LogP contribution in [0, 0.1) is 0 Å². The van der Waals surface area contributed by atoms with Crippen molar-refractivity contribution in [1.29, 1.82) is 0 Å². The lowest BCUT2D eigenvalue weighted by Crippen LogP contribution is -2.01. The summed E-state index contributed by atoms with van der Waals surface area (Å²) in [5.74, 6) is 0.642. The minimum Gasteiger partial charge on any atom is -0.537 e. The molecular weight excluding hydrogens is 166 g/mol. The van der Waals surface area contributed by atoms with E-state index in [9.17, 15) is 0 Å². The van der Waals surface area contributed by atoms with Crippen LogP contribution in [-0.4, -0.2) is 17.7 Å². The molecule has 11 heavy (non-hydrogen) atoms. The Bertz CT molecular complexity index is 258. The molecule has 3 N–H and O–H groups in total. The third kappa shape index (κ3) is 1.99. The summed E-state index contributed by atoms with van der Waals surface area (Å²) in [6.45, 7) is 0. The summed E-state index contributed by atoms with van der Waals surface area (Å²) in [4.78, 5) is 3.72. The Hall–Kier alpha value is -0.935. The molecule has 0 amide bonds. The SMILES string of the molecule is Nc1cc(Cl)c(OBO)cn1. The van der Waals surface area contributed by atoms with Gasteiger partial charge in [0.05, 0.1) is 11.2 Å². The van der Waals surface area contributed by atoms with Gasteiger partial charge in [0.1, 0.15) is 11.6 Å². The zero-order valence-corrected chi connectivity index (χ0v) is 6.38. The van der Waals surface area contributed by atoms with Crippen LogP contribution in [-0.2, 0) is 0 Å². The molecule has 0 spiro atoms. The second-order valence-corrected chi connectivity index (χ2v) is 2.22. The number of pyridine rings is 1. The topological polar surface area (TPSA) is 68.4 Å². The van der Waals surface area contributed by atoms with Crippen molar-refractivity contribution in [2.24, 2.45) is 0 Å². The number of aromatic nitrogens is 1. The fraction of sp³-hybridized carbons (Fsp3) is 0. The second-order valence-electron chi connectivity index (χ2n) is 1.81. The Morgan fingerprint density at radius 1 is 1.73 bits per heavy atom. The van der Waals surface area contributed by atoms with Gasteiger partial charge in [-0.1, -0.05) is 11.6 Å². The van der Waals surface area contributed by atoms with Crippen molar-refractivity contribution in [3.8, 4) is 5.75 Å². The molecule has 0 bridgehead atoms. The number of hydrogen-bond donors (Lipinski definition) is 2. The smallest absolute Gasteiger partial charge is 0.504 e. The Morgan fingerprint density at radius 2 is 2.45 bits per heavy atom. The normalized spacial score (nSPS) is 9.27. The Morgan fingerprint density at radius 3 is 3.00 bits per heavy atom. The molecule has 0 saturated heterocycles. The highest BCUT2D eigenvalue weighted by molar-refractivity contribution is 6.32. The molecule has 58 valence electrons. The molecule has 0 aliphatic carbocycles. The molecule has 6 heteroatoms. The van der Waals surface area contributed by atoms with Crippen molar-refractivity contribution in [3.63, 3.8) is 0 Å². The highest BCUT2D eigenvalue weighted by Crippen LogP contribution is 2.23. The lowest BCUT2D eigenvalue weighted by Gasteiger charge is -2.03. The van der Waals surface area contributed by atoms with E-state index in [0.717, 1.165) is 0 Å². The number of nitrogen functional groups attached to an aromatic ring is 1. The monoisotopic (exact) mass is 172 g/mol. The molecule has 0 aromatic carbocycles. The van der Waals surface area contributed by atoms with E-state index in [1.807, 2.05) is 0 Å². The van der Waals surface area contributed by atoms with Gasteiger partial charge in [0.15, 0.2) is 0 Å². The van der Waals surface area contributed by atoms with E-state index in [0.29, 0.717) is 16.6 Å². The molecule has 1 heterocycles. The molecule has 4 nitrogen and oxygen atoms in total. The van der Waals surface area contributed by atoms with Gasteiger partial charge in [-0.3, -0.25) is 0 Å². The summed E-state index contributed by atoms with van der Waals surface area (Å²) >= 11 is 5.65. The molecule has 1 rings (SSSR count). The number of nitrogens with zero attached hydrogens (tertiary/aromatic N) is 1. The van der Waals surface area contributed by atoms with E-state index in [1.165, 1.54) is 12.3 Å². The zero-order valence-electron chi connectivity index (χ0n) is 5.62. The van der Waals surface area contributed by atoms with Gasteiger partial charge in [-0.25, -0.2) is 4.98 Å². The van der Waals surface area contributed by atoms with Gasteiger partial charge in [0.25, 0.3) is 0 Å². The quantitative estimate of drug-likeness (QED) is 0.614. The van der Waals surface area contributed by atoms with E-state index < -0.39 is 7.69 Å². The summed E-state index contributed by atoms with van der Waals surface area (Å²) in [5.41, 5.74) is 5.31. The average Bonchev–Trinajstić information content (AvgIpc) is 1.95. The van der Waals surface area contributed by atoms with Crippen LogP contribution >= 0.6 is 11.6 Å². The zero-order chi connectivity index (χ0) is 8.27. The molecule has 0 aliphatic rings. The first-order chi connectivity index (χ1) is 5.24. The summed E-state index contributed by atoms with van der Waals surface area (Å²) in [6, 6.07) is 1.45. The molecule has 0 saturated carbocycles. The Kier molecular flexibility index (Phi) is 2.56. The third-order valence-electron chi connectivity index (χ3n) is 1.06. The largest absolute Gasteiger partial charge is 0.537 e. The van der Waals surface area contributed by atoms with Crippen molar-refractivity contribution in [2.75, 3.05) is 5.73 Å². The minimum absolute atomic E-state index is 0.320. The molecule has 1 aromatic heterocycles. The van der Waals surface area contributed by atoms with Gasteiger partial charge in [-0.05, 0) is 0 Å². The van der Waals surface area contributed by atoms with Crippen LogP contribution in [0.4, 0.5) is 5.82 Å². The molecule has 0 unspecified atom stereocenters. The van der Waals surface area contributed by atoms with Crippen molar-refractivity contribution < 1.29 is 9.68 Å². The van der Waals surface area contributed by atoms with Crippen molar-refractivity contribution in [1.82, 2.24) is 4.98 Å². The first-order valence-corrected chi connectivity index (χ1v) is 3.26. The number of rotatable bonds is 2. The summed E-state index contributed by atoms with van der Waals surface area (Å²) in [5, 5.41) is 8.71. The van der Waals surface area contributed by atoms with Crippen molar-refractivity contribution in [2.45, 2.75) is 0 Å². The van der Waals surface area contributed by atoms with E-state index in [1.54, 1.807) is 0 Å². The molecule has 0 atom stereocenters. The summed E-state index contributed by atoms with van der Waals surface area (Å²) in [7, 11) is -0.425. The van der Waals surface area contributed by atoms with Gasteiger partial charge in [0.2, 0.25) is 0 Å². The maximum absolute atomic E-state index is 8.37. The van der Waals surface area contributed by atoms with Gasteiger partial charge < -0.3 is 15.4 Å².